The SMILES string of the molecule is Cc1nc2c(F)cc(C3=CCCCc4nc(C5CCC5)ncc43)cc2n1C1CCN(C)CC1. The molecule has 6 heteroatoms. The number of likely N-dealkylation sites (tertiary alicyclic amines) is 1. The van der Waals surface area contributed by atoms with E-state index in [1.165, 1.54) is 19.3 Å². The van der Waals surface area contributed by atoms with Gasteiger partial charge in [-0.25, -0.2) is 19.3 Å². The smallest absolute Gasteiger partial charge is 0.151 e. The number of benzene rings is 1. The number of hydrogen-bond donors (Lipinski definition) is 0. The molecule has 6 rings (SSSR count). The van der Waals surface area contributed by atoms with Crippen LogP contribution in [0.3, 0.4) is 0 Å². The van der Waals surface area contributed by atoms with E-state index in [1.54, 1.807) is 6.07 Å². The molecule has 1 aliphatic heterocycles. The molecule has 3 heterocycles. The molecule has 33 heavy (non-hydrogen) atoms. The molecule has 1 aromatic carbocycles. The molecule has 1 saturated heterocycles. The van der Waals surface area contributed by atoms with Crippen molar-refractivity contribution < 1.29 is 4.39 Å². The van der Waals surface area contributed by atoms with Crippen molar-refractivity contribution in [2.24, 2.45) is 0 Å². The number of fused-ring (bicyclic) bond motifs is 2. The molecule has 172 valence electrons. The molecule has 3 aliphatic rings. The standard InChI is InChI=1S/C27H32FN5/c1-17-30-26-23(28)14-19(15-25(26)33(17)20-10-12-32(2)13-11-20)21-8-3-4-9-24-22(21)16-29-27(31-24)18-6-5-7-18/h8,14-16,18,20H,3-7,9-13H2,1-2H3. The molecule has 0 spiro atoms. The lowest BCUT2D eigenvalue weighted by atomic mass is 9.84. The normalized spacial score (nSPS) is 20.4. The van der Waals surface area contributed by atoms with E-state index in [2.05, 4.69) is 33.6 Å². The zero-order chi connectivity index (χ0) is 22.5. The molecule has 0 bridgehead atoms. The Morgan fingerprint density at radius 2 is 1.85 bits per heavy atom. The fraction of sp³-hybridized carbons (Fsp3) is 0.519. The largest absolute Gasteiger partial charge is 0.325 e. The summed E-state index contributed by atoms with van der Waals surface area (Å²) in [7, 11) is 2.17. The van der Waals surface area contributed by atoms with Gasteiger partial charge in [0.2, 0.25) is 0 Å². The summed E-state index contributed by atoms with van der Waals surface area (Å²) in [6.07, 6.45) is 13.0. The van der Waals surface area contributed by atoms with E-state index in [4.69, 9.17) is 9.97 Å². The third kappa shape index (κ3) is 3.68. The zero-order valence-electron chi connectivity index (χ0n) is 19.6. The fourth-order valence-electron chi connectivity index (χ4n) is 5.75. The number of rotatable bonds is 3. The maximum atomic E-state index is 15.4. The van der Waals surface area contributed by atoms with Crippen LogP contribution in [-0.4, -0.2) is 44.6 Å². The van der Waals surface area contributed by atoms with E-state index in [0.717, 1.165) is 84.8 Å². The number of imidazole rings is 1. The van der Waals surface area contributed by atoms with E-state index in [0.29, 0.717) is 17.5 Å². The molecule has 3 aromatic rings. The van der Waals surface area contributed by atoms with Crippen LogP contribution in [0.1, 0.15) is 85.4 Å². The van der Waals surface area contributed by atoms with Gasteiger partial charge in [0, 0.05) is 23.7 Å². The van der Waals surface area contributed by atoms with Gasteiger partial charge in [-0.15, -0.1) is 0 Å². The summed E-state index contributed by atoms with van der Waals surface area (Å²) >= 11 is 0. The van der Waals surface area contributed by atoms with E-state index >= 15 is 4.39 Å². The molecule has 0 amide bonds. The Balaban J connectivity index is 1.44. The van der Waals surface area contributed by atoms with Gasteiger partial charge in [-0.05, 0) is 95.3 Å². The summed E-state index contributed by atoms with van der Waals surface area (Å²) in [4.78, 5) is 16.7. The predicted octanol–water partition coefficient (Wildman–Crippen LogP) is 5.58. The highest BCUT2D eigenvalue weighted by atomic mass is 19.1. The third-order valence-electron chi connectivity index (χ3n) is 7.90. The second kappa shape index (κ2) is 8.32. The molecule has 2 fully saturated rings. The maximum absolute atomic E-state index is 15.4. The van der Waals surface area contributed by atoms with Gasteiger partial charge in [0.1, 0.15) is 17.2 Å². The lowest BCUT2D eigenvalue weighted by molar-refractivity contribution is 0.222. The Kier molecular flexibility index (Phi) is 5.28. The van der Waals surface area contributed by atoms with Crippen molar-refractivity contribution in [3.05, 3.63) is 58.7 Å². The maximum Gasteiger partial charge on any atom is 0.151 e. The lowest BCUT2D eigenvalue weighted by Gasteiger charge is -2.31. The topological polar surface area (TPSA) is 46.8 Å². The Morgan fingerprint density at radius 3 is 2.61 bits per heavy atom. The van der Waals surface area contributed by atoms with Crippen LogP contribution in [0.25, 0.3) is 16.6 Å². The Bertz CT molecular complexity index is 1230. The summed E-state index contributed by atoms with van der Waals surface area (Å²) in [5.41, 5.74) is 5.57. The average molecular weight is 446 g/mol. The van der Waals surface area contributed by atoms with Gasteiger partial charge >= 0.3 is 0 Å². The molecule has 0 radical (unpaired) electrons. The van der Waals surface area contributed by atoms with Gasteiger partial charge < -0.3 is 9.47 Å². The van der Waals surface area contributed by atoms with Crippen molar-refractivity contribution >= 4 is 16.6 Å². The first-order valence-corrected chi connectivity index (χ1v) is 12.5. The molecule has 0 N–H and O–H groups in total. The number of halogens is 1. The highest BCUT2D eigenvalue weighted by molar-refractivity contribution is 5.87. The minimum Gasteiger partial charge on any atom is -0.325 e. The fourth-order valence-corrected chi connectivity index (χ4v) is 5.75. The van der Waals surface area contributed by atoms with Crippen molar-refractivity contribution in [2.75, 3.05) is 20.1 Å². The summed E-state index contributed by atoms with van der Waals surface area (Å²) in [6.45, 7) is 4.13. The second-order valence-corrected chi connectivity index (χ2v) is 10.1. The average Bonchev–Trinajstić information content (AvgIpc) is 2.96. The predicted molar refractivity (Wildman–Crippen MR) is 129 cm³/mol. The van der Waals surface area contributed by atoms with Crippen LogP contribution in [0.4, 0.5) is 4.39 Å². The Morgan fingerprint density at radius 1 is 1.03 bits per heavy atom. The van der Waals surface area contributed by atoms with Crippen molar-refractivity contribution in [1.29, 1.82) is 0 Å². The van der Waals surface area contributed by atoms with Crippen LogP contribution >= 0.6 is 0 Å². The Hall–Kier alpha value is -2.60. The van der Waals surface area contributed by atoms with E-state index in [9.17, 15) is 0 Å². The minimum absolute atomic E-state index is 0.240. The van der Waals surface area contributed by atoms with Crippen molar-refractivity contribution in [3.63, 3.8) is 0 Å². The van der Waals surface area contributed by atoms with Gasteiger partial charge in [-0.2, -0.15) is 0 Å². The Labute approximate surface area is 194 Å². The van der Waals surface area contributed by atoms with Gasteiger partial charge in [0.25, 0.3) is 0 Å². The molecule has 5 nitrogen and oxygen atoms in total. The molecular weight excluding hydrogens is 413 g/mol. The highest BCUT2D eigenvalue weighted by Crippen LogP contribution is 2.38. The van der Waals surface area contributed by atoms with Crippen LogP contribution in [-0.2, 0) is 6.42 Å². The summed E-state index contributed by atoms with van der Waals surface area (Å²) < 4.78 is 17.7. The number of aromatic nitrogens is 4. The van der Waals surface area contributed by atoms with Gasteiger partial charge in [0.05, 0.1) is 11.2 Å². The van der Waals surface area contributed by atoms with E-state index in [1.807, 2.05) is 13.1 Å². The van der Waals surface area contributed by atoms with Crippen molar-refractivity contribution in [3.8, 4) is 0 Å². The van der Waals surface area contributed by atoms with Crippen LogP contribution in [0.2, 0.25) is 0 Å². The van der Waals surface area contributed by atoms with Crippen molar-refractivity contribution in [1.82, 2.24) is 24.4 Å². The second-order valence-electron chi connectivity index (χ2n) is 10.1. The van der Waals surface area contributed by atoms with Crippen molar-refractivity contribution in [2.45, 2.75) is 70.3 Å². The number of nitrogens with zero attached hydrogens (tertiary/aromatic N) is 5. The number of hydrogen-bond acceptors (Lipinski definition) is 4. The van der Waals surface area contributed by atoms with Gasteiger partial charge in [-0.1, -0.05) is 12.5 Å². The number of aryl methyl sites for hydroxylation is 2. The first-order valence-electron chi connectivity index (χ1n) is 12.5. The zero-order valence-corrected chi connectivity index (χ0v) is 19.6. The first-order chi connectivity index (χ1) is 16.1. The van der Waals surface area contributed by atoms with E-state index in [-0.39, 0.29) is 5.82 Å². The monoisotopic (exact) mass is 445 g/mol. The molecule has 2 aliphatic carbocycles. The minimum atomic E-state index is -0.240. The van der Waals surface area contributed by atoms with Crippen LogP contribution in [0, 0.1) is 12.7 Å². The summed E-state index contributed by atoms with van der Waals surface area (Å²) in [6, 6.07) is 4.18. The quantitative estimate of drug-likeness (QED) is 0.528. The molecule has 1 saturated carbocycles. The van der Waals surface area contributed by atoms with E-state index < -0.39 is 0 Å². The first kappa shape index (κ1) is 21.0. The molecular formula is C27H32FN5. The van der Waals surface area contributed by atoms with Crippen LogP contribution < -0.4 is 0 Å². The molecule has 0 unspecified atom stereocenters. The number of piperidine rings is 1. The highest BCUT2D eigenvalue weighted by Gasteiger charge is 2.26. The third-order valence-corrected chi connectivity index (χ3v) is 7.90. The molecule has 0 atom stereocenters. The summed E-state index contributed by atoms with van der Waals surface area (Å²) in [5, 5.41) is 0. The summed E-state index contributed by atoms with van der Waals surface area (Å²) in [5.74, 6) is 2.18. The van der Waals surface area contributed by atoms with Gasteiger partial charge in [-0.3, -0.25) is 0 Å². The van der Waals surface area contributed by atoms with Gasteiger partial charge in [0.15, 0.2) is 5.82 Å². The number of allylic oxidation sites excluding steroid dienone is 1. The lowest BCUT2D eigenvalue weighted by Crippen LogP contribution is -2.31. The van der Waals surface area contributed by atoms with Crippen LogP contribution in [0.15, 0.2) is 24.4 Å². The van der Waals surface area contributed by atoms with Crippen LogP contribution in [0.5, 0.6) is 0 Å². The molecule has 2 aromatic heterocycles.